The van der Waals surface area contributed by atoms with E-state index >= 15 is 0 Å². The molecule has 0 heterocycles. The fourth-order valence-corrected chi connectivity index (χ4v) is 6.31. The van der Waals surface area contributed by atoms with E-state index in [0.717, 1.165) is 25.0 Å². The summed E-state index contributed by atoms with van der Waals surface area (Å²) in [6, 6.07) is 7.37. The molecule has 4 aliphatic carbocycles. The summed E-state index contributed by atoms with van der Waals surface area (Å²) in [5.74, 6) is 2.99. The maximum Gasteiger partial charge on any atom is 0.242 e. The number of ether oxygens (including phenoxy) is 1. The average molecular weight is 413 g/mol. The third-order valence-corrected chi connectivity index (χ3v) is 7.45. The van der Waals surface area contributed by atoms with Crippen LogP contribution in [0.5, 0.6) is 5.75 Å². The van der Waals surface area contributed by atoms with Crippen LogP contribution in [-0.2, 0) is 9.59 Å². The maximum absolute atomic E-state index is 13.3. The Hall–Kier alpha value is -2.04. The van der Waals surface area contributed by atoms with Gasteiger partial charge in [-0.3, -0.25) is 9.59 Å². The molecule has 4 bridgehead atoms. The number of amides is 2. The van der Waals surface area contributed by atoms with Gasteiger partial charge in [-0.2, -0.15) is 0 Å². The zero-order chi connectivity index (χ0) is 21.3. The van der Waals surface area contributed by atoms with Gasteiger partial charge in [-0.15, -0.1) is 0 Å². The molecule has 30 heavy (non-hydrogen) atoms. The highest BCUT2D eigenvalue weighted by molar-refractivity contribution is 5.90. The second-order valence-electron chi connectivity index (χ2n) is 10.3. The van der Waals surface area contributed by atoms with Gasteiger partial charge in [-0.1, -0.05) is 31.5 Å². The first-order chi connectivity index (χ1) is 14.3. The van der Waals surface area contributed by atoms with Crippen molar-refractivity contribution in [3.05, 3.63) is 29.8 Å². The van der Waals surface area contributed by atoms with Gasteiger partial charge in [0, 0.05) is 5.41 Å². The van der Waals surface area contributed by atoms with Crippen LogP contribution in [0, 0.1) is 36.0 Å². The summed E-state index contributed by atoms with van der Waals surface area (Å²) in [6.45, 7) is 6.85. The molecule has 5 rings (SSSR count). The van der Waals surface area contributed by atoms with Crippen molar-refractivity contribution in [2.45, 2.75) is 65.3 Å². The largest absolute Gasteiger partial charge is 0.492 e. The number of rotatable bonds is 8. The molecule has 0 aromatic heterocycles. The lowest BCUT2D eigenvalue weighted by Gasteiger charge is -2.55. The molecule has 2 amide bonds. The lowest BCUT2D eigenvalue weighted by Crippen LogP contribution is -2.58. The highest BCUT2D eigenvalue weighted by Gasteiger charge is 2.55. The fraction of sp³-hybridized carbons (Fsp3) is 0.680. The molecule has 2 N–H and O–H groups in total. The Morgan fingerprint density at radius 1 is 1.03 bits per heavy atom. The molecule has 0 spiro atoms. The maximum atomic E-state index is 13.3. The highest BCUT2D eigenvalue weighted by atomic mass is 16.5. The van der Waals surface area contributed by atoms with Crippen LogP contribution in [0.15, 0.2) is 24.3 Å². The van der Waals surface area contributed by atoms with E-state index in [1.807, 2.05) is 45.0 Å². The average Bonchev–Trinajstić information content (AvgIpc) is 2.69. The van der Waals surface area contributed by atoms with E-state index in [-0.39, 0.29) is 23.1 Å². The highest BCUT2D eigenvalue weighted by Crippen LogP contribution is 2.60. The molecule has 0 saturated heterocycles. The van der Waals surface area contributed by atoms with Gasteiger partial charge in [-0.05, 0) is 81.3 Å². The number of nitrogens with one attached hydrogen (secondary N) is 2. The molecular formula is C25H36N2O3. The third-order valence-electron chi connectivity index (χ3n) is 7.45. The van der Waals surface area contributed by atoms with E-state index in [9.17, 15) is 9.59 Å². The van der Waals surface area contributed by atoms with Crippen molar-refractivity contribution in [1.29, 1.82) is 0 Å². The monoisotopic (exact) mass is 412 g/mol. The number of aryl methyl sites for hydroxylation is 1. The van der Waals surface area contributed by atoms with Crippen molar-refractivity contribution < 1.29 is 14.3 Å². The summed E-state index contributed by atoms with van der Waals surface area (Å²) >= 11 is 0. The number of carbonyl (C=O) groups excluding carboxylic acids is 2. The first kappa shape index (κ1) is 21.2. The second-order valence-corrected chi connectivity index (χ2v) is 10.3. The molecule has 0 unspecified atom stereocenters. The van der Waals surface area contributed by atoms with E-state index in [4.69, 9.17) is 4.74 Å². The summed E-state index contributed by atoms with van der Waals surface area (Å²) in [7, 11) is 0. The Morgan fingerprint density at radius 2 is 1.60 bits per heavy atom. The zero-order valence-corrected chi connectivity index (χ0v) is 18.6. The molecule has 4 aliphatic rings. The molecular weight excluding hydrogens is 376 g/mol. The van der Waals surface area contributed by atoms with Crippen LogP contribution in [0.4, 0.5) is 0 Å². The van der Waals surface area contributed by atoms with Gasteiger partial charge in [-0.25, -0.2) is 0 Å². The minimum atomic E-state index is -0.495. The molecule has 5 heteroatoms. The molecule has 164 valence electrons. The van der Waals surface area contributed by atoms with Gasteiger partial charge in [0.15, 0.2) is 0 Å². The summed E-state index contributed by atoms with van der Waals surface area (Å²) in [5, 5.41) is 6.09. The second kappa shape index (κ2) is 8.60. The van der Waals surface area contributed by atoms with Crippen LogP contribution >= 0.6 is 0 Å². The quantitative estimate of drug-likeness (QED) is 0.638. The Morgan fingerprint density at radius 3 is 2.13 bits per heavy atom. The first-order valence-corrected chi connectivity index (χ1v) is 11.6. The Kier molecular flexibility index (Phi) is 6.08. The number of hydrogen-bond donors (Lipinski definition) is 2. The predicted molar refractivity (Wildman–Crippen MR) is 117 cm³/mol. The lowest BCUT2D eigenvalue weighted by atomic mass is 9.49. The summed E-state index contributed by atoms with van der Waals surface area (Å²) < 4.78 is 5.70. The van der Waals surface area contributed by atoms with Gasteiger partial charge in [0.2, 0.25) is 11.8 Å². The van der Waals surface area contributed by atoms with Gasteiger partial charge in [0.05, 0.1) is 6.54 Å². The first-order valence-electron chi connectivity index (χ1n) is 11.6. The van der Waals surface area contributed by atoms with E-state index in [1.54, 1.807) is 0 Å². The molecule has 1 atom stereocenters. The SMILES string of the molecule is Cc1ccc(OCCNC(=O)[C@H](NC(=O)C23CC4CC(CC(C4)C2)C3)C(C)C)cc1. The van der Waals surface area contributed by atoms with Crippen LogP contribution in [0.25, 0.3) is 0 Å². The van der Waals surface area contributed by atoms with E-state index in [2.05, 4.69) is 10.6 Å². The van der Waals surface area contributed by atoms with Crippen LogP contribution < -0.4 is 15.4 Å². The summed E-state index contributed by atoms with van der Waals surface area (Å²) in [6.07, 6.45) is 6.97. The topological polar surface area (TPSA) is 67.4 Å². The van der Waals surface area contributed by atoms with E-state index < -0.39 is 6.04 Å². The third kappa shape index (κ3) is 4.50. The van der Waals surface area contributed by atoms with Crippen LogP contribution in [0.1, 0.15) is 57.9 Å². The number of hydrogen-bond acceptors (Lipinski definition) is 3. The molecule has 4 saturated carbocycles. The van der Waals surface area contributed by atoms with Crippen molar-refractivity contribution in [2.24, 2.45) is 29.1 Å². The van der Waals surface area contributed by atoms with E-state index in [1.165, 1.54) is 24.8 Å². The van der Waals surface area contributed by atoms with Crippen LogP contribution in [-0.4, -0.2) is 31.0 Å². The predicted octanol–water partition coefficient (Wildman–Crippen LogP) is 3.85. The summed E-state index contributed by atoms with van der Waals surface area (Å²) in [5.41, 5.74) is 0.960. The molecule has 1 aromatic carbocycles. The van der Waals surface area contributed by atoms with Gasteiger partial charge < -0.3 is 15.4 Å². The molecule has 1 aromatic rings. The Balaban J connectivity index is 1.29. The van der Waals surface area contributed by atoms with Crippen LogP contribution in [0.2, 0.25) is 0 Å². The smallest absolute Gasteiger partial charge is 0.242 e. The van der Waals surface area contributed by atoms with Crippen LogP contribution in [0.3, 0.4) is 0 Å². The Bertz CT molecular complexity index is 736. The van der Waals surface area contributed by atoms with Gasteiger partial charge in [0.1, 0.15) is 18.4 Å². The lowest BCUT2D eigenvalue weighted by molar-refractivity contribution is -0.149. The minimum Gasteiger partial charge on any atom is -0.492 e. The minimum absolute atomic E-state index is 0.0425. The van der Waals surface area contributed by atoms with Gasteiger partial charge in [0.25, 0.3) is 0 Å². The normalized spacial score (nSPS) is 30.2. The zero-order valence-electron chi connectivity index (χ0n) is 18.6. The van der Waals surface area contributed by atoms with E-state index in [0.29, 0.717) is 30.9 Å². The van der Waals surface area contributed by atoms with Gasteiger partial charge >= 0.3 is 0 Å². The molecule has 0 aliphatic heterocycles. The number of carbonyl (C=O) groups is 2. The number of benzene rings is 1. The molecule has 5 nitrogen and oxygen atoms in total. The molecule has 4 fully saturated rings. The van der Waals surface area contributed by atoms with Crippen molar-refractivity contribution in [1.82, 2.24) is 10.6 Å². The van der Waals surface area contributed by atoms with Crippen molar-refractivity contribution in [3.8, 4) is 5.75 Å². The fourth-order valence-electron chi connectivity index (χ4n) is 6.31. The standard InChI is InChI=1S/C25H36N2O3/c1-16(2)22(23(28)26-8-9-30-21-6-4-17(3)5-7-21)27-24(29)25-13-18-10-19(14-25)12-20(11-18)15-25/h4-7,16,18-20,22H,8-15H2,1-3H3,(H,26,28)(H,27,29)/t18?,19?,20?,22-,25?/m1/s1. The summed E-state index contributed by atoms with van der Waals surface area (Å²) in [4.78, 5) is 26.2. The van der Waals surface area contributed by atoms with Crippen molar-refractivity contribution >= 4 is 11.8 Å². The molecule has 0 radical (unpaired) electrons. The van der Waals surface area contributed by atoms with Crippen molar-refractivity contribution in [2.75, 3.05) is 13.2 Å². The van der Waals surface area contributed by atoms with Crippen molar-refractivity contribution in [3.63, 3.8) is 0 Å². The Labute approximate surface area is 180 Å².